The maximum atomic E-state index is 13.9. The van der Waals surface area contributed by atoms with E-state index in [1.165, 1.54) is 6.07 Å². The molecule has 0 fully saturated rings. The van der Waals surface area contributed by atoms with Crippen molar-refractivity contribution < 1.29 is 9.18 Å². The first-order valence-electron chi connectivity index (χ1n) is 7.66. The van der Waals surface area contributed by atoms with Crippen molar-refractivity contribution in [2.75, 3.05) is 5.32 Å². The summed E-state index contributed by atoms with van der Waals surface area (Å²) in [6.45, 7) is 5.45. The molecule has 4 nitrogen and oxygen atoms in total. The Morgan fingerprint density at radius 2 is 1.79 bits per heavy atom. The number of carbonyl (C=O) groups excluding carboxylic acids is 1. The molecule has 1 aromatic heterocycles. The average molecular weight is 323 g/mol. The molecule has 122 valence electrons. The van der Waals surface area contributed by atoms with Gasteiger partial charge in [0, 0.05) is 0 Å². The van der Waals surface area contributed by atoms with Crippen LogP contribution in [0.4, 0.5) is 10.1 Å². The summed E-state index contributed by atoms with van der Waals surface area (Å²) in [5.74, 6) is -0.823. The Kier molecular flexibility index (Phi) is 4.16. The van der Waals surface area contributed by atoms with Crippen LogP contribution in [-0.4, -0.2) is 15.7 Å². The van der Waals surface area contributed by atoms with Crippen LogP contribution in [-0.2, 0) is 0 Å². The fraction of sp³-hybridized carbons (Fsp3) is 0.158. The largest absolute Gasteiger partial charge is 0.319 e. The molecule has 1 heterocycles. The zero-order valence-corrected chi connectivity index (χ0v) is 13.8. The molecule has 0 aliphatic heterocycles. The van der Waals surface area contributed by atoms with Crippen LogP contribution >= 0.6 is 0 Å². The van der Waals surface area contributed by atoms with Gasteiger partial charge in [0.25, 0.3) is 5.91 Å². The molecule has 0 unspecified atom stereocenters. The van der Waals surface area contributed by atoms with Gasteiger partial charge < -0.3 is 5.32 Å². The molecule has 0 saturated heterocycles. The Morgan fingerprint density at radius 1 is 1.08 bits per heavy atom. The van der Waals surface area contributed by atoms with Crippen molar-refractivity contribution in [3.05, 3.63) is 76.9 Å². The summed E-state index contributed by atoms with van der Waals surface area (Å²) in [5.41, 5.74) is 3.69. The number of aromatic nitrogens is 2. The fourth-order valence-corrected chi connectivity index (χ4v) is 2.71. The predicted molar refractivity (Wildman–Crippen MR) is 92.1 cm³/mol. The highest BCUT2D eigenvalue weighted by Gasteiger charge is 2.20. The average Bonchev–Trinajstić information content (AvgIpc) is 2.86. The zero-order valence-electron chi connectivity index (χ0n) is 13.8. The third kappa shape index (κ3) is 2.93. The number of aryl methyl sites for hydroxylation is 2. The van der Waals surface area contributed by atoms with E-state index in [1.807, 2.05) is 44.2 Å². The van der Waals surface area contributed by atoms with Crippen LogP contribution in [0.25, 0.3) is 5.69 Å². The molecule has 1 amide bonds. The summed E-state index contributed by atoms with van der Waals surface area (Å²) in [4.78, 5) is 12.6. The maximum Gasteiger partial charge on any atom is 0.259 e. The molecular weight excluding hydrogens is 305 g/mol. The van der Waals surface area contributed by atoms with E-state index in [1.54, 1.807) is 23.7 Å². The molecule has 1 N–H and O–H groups in total. The molecule has 0 bridgehead atoms. The Morgan fingerprint density at radius 3 is 2.50 bits per heavy atom. The van der Waals surface area contributed by atoms with Crippen LogP contribution in [0.15, 0.2) is 48.5 Å². The van der Waals surface area contributed by atoms with Crippen LogP contribution in [0, 0.1) is 26.6 Å². The summed E-state index contributed by atoms with van der Waals surface area (Å²) >= 11 is 0. The van der Waals surface area contributed by atoms with Crippen molar-refractivity contribution in [1.29, 1.82) is 0 Å². The number of anilines is 1. The number of rotatable bonds is 3. The van der Waals surface area contributed by atoms with Gasteiger partial charge in [-0.3, -0.25) is 4.79 Å². The van der Waals surface area contributed by atoms with E-state index in [-0.39, 0.29) is 11.6 Å². The smallest absolute Gasteiger partial charge is 0.259 e. The minimum Gasteiger partial charge on any atom is -0.319 e. The molecule has 0 aliphatic rings. The van der Waals surface area contributed by atoms with Crippen LogP contribution in [0.5, 0.6) is 0 Å². The van der Waals surface area contributed by atoms with E-state index in [2.05, 4.69) is 10.4 Å². The second kappa shape index (κ2) is 6.28. The highest BCUT2D eigenvalue weighted by atomic mass is 19.1. The van der Waals surface area contributed by atoms with Crippen molar-refractivity contribution in [2.45, 2.75) is 20.8 Å². The van der Waals surface area contributed by atoms with Gasteiger partial charge in [-0.2, -0.15) is 5.10 Å². The third-order valence-corrected chi connectivity index (χ3v) is 3.89. The summed E-state index contributed by atoms with van der Waals surface area (Å²) < 4.78 is 15.6. The lowest BCUT2D eigenvalue weighted by molar-refractivity contribution is 0.102. The van der Waals surface area contributed by atoms with Crippen molar-refractivity contribution in [3.63, 3.8) is 0 Å². The van der Waals surface area contributed by atoms with Crippen molar-refractivity contribution in [3.8, 4) is 5.69 Å². The fourth-order valence-electron chi connectivity index (χ4n) is 2.71. The number of amides is 1. The molecule has 0 radical (unpaired) electrons. The number of benzene rings is 2. The van der Waals surface area contributed by atoms with E-state index in [0.29, 0.717) is 17.0 Å². The topological polar surface area (TPSA) is 46.9 Å². The molecule has 0 saturated carbocycles. The van der Waals surface area contributed by atoms with Gasteiger partial charge in [-0.15, -0.1) is 0 Å². The number of nitrogens with zero attached hydrogens (tertiary/aromatic N) is 2. The van der Waals surface area contributed by atoms with Gasteiger partial charge >= 0.3 is 0 Å². The number of nitrogens with one attached hydrogen (secondary N) is 1. The number of carbonyl (C=O) groups is 1. The Bertz CT molecular complexity index is 900. The van der Waals surface area contributed by atoms with Gasteiger partial charge in [0.2, 0.25) is 0 Å². The van der Waals surface area contributed by atoms with Gasteiger partial charge in [-0.1, -0.05) is 24.3 Å². The third-order valence-electron chi connectivity index (χ3n) is 3.89. The van der Waals surface area contributed by atoms with Crippen LogP contribution in [0.1, 0.15) is 27.3 Å². The van der Waals surface area contributed by atoms with E-state index in [0.717, 1.165) is 11.3 Å². The Balaban J connectivity index is 1.96. The molecule has 5 heteroatoms. The van der Waals surface area contributed by atoms with Crippen molar-refractivity contribution >= 4 is 11.6 Å². The van der Waals surface area contributed by atoms with E-state index < -0.39 is 5.82 Å². The first-order valence-corrected chi connectivity index (χ1v) is 7.66. The number of hydrogen-bond donors (Lipinski definition) is 1. The summed E-state index contributed by atoms with van der Waals surface area (Å²) in [7, 11) is 0. The molecule has 3 rings (SSSR count). The first kappa shape index (κ1) is 15.9. The van der Waals surface area contributed by atoms with Gasteiger partial charge in [0.1, 0.15) is 5.82 Å². The van der Waals surface area contributed by atoms with E-state index in [4.69, 9.17) is 0 Å². The van der Waals surface area contributed by atoms with Gasteiger partial charge in [-0.05, 0) is 50.6 Å². The molecule has 24 heavy (non-hydrogen) atoms. The lowest BCUT2D eigenvalue weighted by Crippen LogP contribution is -2.15. The van der Waals surface area contributed by atoms with Crippen molar-refractivity contribution in [2.24, 2.45) is 0 Å². The van der Waals surface area contributed by atoms with Gasteiger partial charge in [0.15, 0.2) is 0 Å². The number of halogens is 1. The molecule has 3 aromatic rings. The first-order chi connectivity index (χ1) is 11.5. The summed E-state index contributed by atoms with van der Waals surface area (Å²) in [6.07, 6.45) is 0. The summed E-state index contributed by atoms with van der Waals surface area (Å²) in [5, 5.41) is 7.09. The normalized spacial score (nSPS) is 10.7. The highest BCUT2D eigenvalue weighted by Crippen LogP contribution is 2.21. The highest BCUT2D eigenvalue weighted by molar-refractivity contribution is 6.06. The molecular formula is C19H18FN3O. The number of para-hydroxylation sites is 1. The lowest BCUT2D eigenvalue weighted by atomic mass is 10.1. The van der Waals surface area contributed by atoms with Gasteiger partial charge in [-0.25, -0.2) is 9.07 Å². The Hall–Kier alpha value is -2.95. The van der Waals surface area contributed by atoms with E-state index >= 15 is 0 Å². The summed E-state index contributed by atoms with van der Waals surface area (Å²) in [6, 6.07) is 14.2. The SMILES string of the molecule is Cc1ccc(F)c(NC(=O)c2c(C)nn(-c3ccccc3)c2C)c1. The molecule has 0 aliphatic carbocycles. The second-order valence-corrected chi connectivity index (χ2v) is 5.73. The quantitative estimate of drug-likeness (QED) is 0.785. The minimum atomic E-state index is -0.459. The van der Waals surface area contributed by atoms with Gasteiger partial charge in [0.05, 0.1) is 28.3 Å². The predicted octanol–water partition coefficient (Wildman–Crippen LogP) is 4.19. The number of hydrogen-bond acceptors (Lipinski definition) is 2. The minimum absolute atomic E-state index is 0.172. The zero-order chi connectivity index (χ0) is 17.3. The Labute approximate surface area is 139 Å². The van der Waals surface area contributed by atoms with Crippen LogP contribution in [0.3, 0.4) is 0 Å². The van der Waals surface area contributed by atoms with Crippen molar-refractivity contribution in [1.82, 2.24) is 9.78 Å². The standard InChI is InChI=1S/C19H18FN3O/c1-12-9-10-16(20)17(11-12)21-19(24)18-13(2)22-23(14(18)3)15-7-5-4-6-8-15/h4-11H,1-3H3,(H,21,24). The van der Waals surface area contributed by atoms with Crippen LogP contribution in [0.2, 0.25) is 0 Å². The monoisotopic (exact) mass is 323 g/mol. The second-order valence-electron chi connectivity index (χ2n) is 5.73. The lowest BCUT2D eigenvalue weighted by Gasteiger charge is -2.08. The van der Waals surface area contributed by atoms with Crippen LogP contribution < -0.4 is 5.32 Å². The molecule has 2 aromatic carbocycles. The molecule has 0 spiro atoms. The van der Waals surface area contributed by atoms with E-state index in [9.17, 15) is 9.18 Å². The maximum absolute atomic E-state index is 13.9. The molecule has 0 atom stereocenters.